The first-order valence-corrected chi connectivity index (χ1v) is 12.7. The normalized spacial score (nSPS) is 14.5. The van der Waals surface area contributed by atoms with E-state index in [-0.39, 0.29) is 41.2 Å². The Morgan fingerprint density at radius 1 is 1.24 bits per heavy atom. The number of pyridine rings is 1. The van der Waals surface area contributed by atoms with Crippen LogP contribution in [0.1, 0.15) is 64.0 Å². The Kier molecular flexibility index (Phi) is 8.43. The third-order valence-electron chi connectivity index (χ3n) is 6.39. The second kappa shape index (κ2) is 11.5. The summed E-state index contributed by atoms with van der Waals surface area (Å²) in [6.07, 6.45) is -7.21. The van der Waals surface area contributed by atoms with Crippen LogP contribution in [0.3, 0.4) is 0 Å². The van der Waals surface area contributed by atoms with Crippen LogP contribution < -0.4 is 21.1 Å². The van der Waals surface area contributed by atoms with E-state index < -0.39 is 47.7 Å². The highest BCUT2D eigenvalue weighted by Crippen LogP contribution is 2.42. The van der Waals surface area contributed by atoms with Gasteiger partial charge in [0.1, 0.15) is 5.69 Å². The van der Waals surface area contributed by atoms with Crippen LogP contribution in [-0.2, 0) is 24.6 Å². The van der Waals surface area contributed by atoms with E-state index in [1.807, 2.05) is 13.8 Å². The number of guanidine groups is 1. The highest BCUT2D eigenvalue weighted by Gasteiger charge is 2.34. The van der Waals surface area contributed by atoms with E-state index in [2.05, 4.69) is 25.7 Å². The Bertz CT molecular complexity index is 1570. The zero-order valence-corrected chi connectivity index (χ0v) is 23.2. The molecule has 0 saturated carbocycles. The van der Waals surface area contributed by atoms with Gasteiger partial charge >= 0.3 is 6.18 Å². The highest BCUT2D eigenvalue weighted by molar-refractivity contribution is 6.34. The van der Waals surface area contributed by atoms with Gasteiger partial charge in [-0.15, -0.1) is 0 Å². The molecule has 10 nitrogen and oxygen atoms in total. The zero-order valence-electron chi connectivity index (χ0n) is 22.4. The van der Waals surface area contributed by atoms with Crippen LogP contribution in [0.2, 0.25) is 5.02 Å². The molecule has 1 amide bonds. The van der Waals surface area contributed by atoms with E-state index in [9.17, 15) is 31.5 Å². The molecule has 0 fully saturated rings. The maximum Gasteiger partial charge on any atom is 0.432 e. The van der Waals surface area contributed by atoms with Gasteiger partial charge in [0.2, 0.25) is 5.88 Å². The molecule has 0 saturated heterocycles. The van der Waals surface area contributed by atoms with Gasteiger partial charge in [0.25, 0.3) is 12.3 Å². The van der Waals surface area contributed by atoms with Crippen LogP contribution in [0.4, 0.5) is 33.5 Å². The summed E-state index contributed by atoms with van der Waals surface area (Å²) in [4.78, 5) is 33.2. The van der Waals surface area contributed by atoms with Crippen LogP contribution in [0.5, 0.6) is 5.88 Å². The molecule has 1 aliphatic heterocycles. The van der Waals surface area contributed by atoms with E-state index >= 15 is 0 Å². The minimum absolute atomic E-state index is 0.00906. The predicted octanol–water partition coefficient (Wildman–Crippen LogP) is 5.15. The topological polar surface area (TPSA) is 147 Å². The molecule has 224 valence electrons. The van der Waals surface area contributed by atoms with Gasteiger partial charge in [-0.3, -0.25) is 14.7 Å². The number of aliphatic imine (C=N–C) groups is 1. The third-order valence-corrected chi connectivity index (χ3v) is 6.82. The van der Waals surface area contributed by atoms with Crippen LogP contribution >= 0.6 is 11.6 Å². The molecule has 0 bridgehead atoms. The van der Waals surface area contributed by atoms with Crippen molar-refractivity contribution in [1.82, 2.24) is 20.5 Å². The molecule has 0 spiro atoms. The van der Waals surface area contributed by atoms with E-state index in [1.165, 1.54) is 13.0 Å². The number of ether oxygens (including phenoxy) is 1. The Balaban J connectivity index is 1.67. The Morgan fingerprint density at radius 3 is 2.57 bits per heavy atom. The number of anilines is 1. The first-order chi connectivity index (χ1) is 19.6. The zero-order chi connectivity index (χ0) is 31.0. The first-order valence-electron chi connectivity index (χ1n) is 12.4. The SMILES string of the molecule is CC(=O)c1cc2c(nc1OCC(F)F)N=C(N)Nc1c(ccc(CNC(=O)c3cc(C(F)(F)F)[nH]n3)c1Cl)C(C)(C)C2. The summed E-state index contributed by atoms with van der Waals surface area (Å²) in [6, 6.07) is 5.46. The number of carbonyl (C=O) groups excluding carboxylic acids is 2. The lowest BCUT2D eigenvalue weighted by Crippen LogP contribution is -2.27. The second-order valence-corrected chi connectivity index (χ2v) is 10.5. The number of alkyl halides is 5. The quantitative estimate of drug-likeness (QED) is 0.213. The largest absolute Gasteiger partial charge is 0.471 e. The molecule has 1 aromatic carbocycles. The molecule has 0 aliphatic carbocycles. The number of Topliss-reactive ketones (excluding diaryl/α,β-unsaturated/α-hetero) is 1. The molecule has 4 rings (SSSR count). The number of hydrogen-bond donors (Lipinski definition) is 4. The number of carbonyl (C=O) groups is 2. The monoisotopic (exact) mass is 613 g/mol. The number of benzene rings is 1. The minimum Gasteiger partial charge on any atom is -0.471 e. The number of nitrogens with two attached hydrogens (primary N) is 1. The van der Waals surface area contributed by atoms with E-state index in [4.69, 9.17) is 22.1 Å². The number of aromatic amines is 1. The van der Waals surface area contributed by atoms with Crippen LogP contribution in [0, 0.1) is 0 Å². The molecule has 5 N–H and O–H groups in total. The van der Waals surface area contributed by atoms with Crippen molar-refractivity contribution in [1.29, 1.82) is 0 Å². The van der Waals surface area contributed by atoms with Crippen molar-refractivity contribution in [2.45, 2.75) is 51.8 Å². The molecule has 0 atom stereocenters. The summed E-state index contributed by atoms with van der Waals surface area (Å²) >= 11 is 6.72. The number of nitrogens with zero attached hydrogens (tertiary/aromatic N) is 3. The van der Waals surface area contributed by atoms with Gasteiger partial charge in [-0.1, -0.05) is 37.6 Å². The van der Waals surface area contributed by atoms with Gasteiger partial charge in [0.05, 0.1) is 16.3 Å². The number of amides is 1. The van der Waals surface area contributed by atoms with Gasteiger partial charge in [-0.05, 0) is 41.5 Å². The van der Waals surface area contributed by atoms with Crippen LogP contribution in [0.15, 0.2) is 29.3 Å². The molecule has 0 unspecified atom stereocenters. The van der Waals surface area contributed by atoms with E-state index in [1.54, 1.807) is 17.2 Å². The van der Waals surface area contributed by atoms with Crippen LogP contribution in [0.25, 0.3) is 0 Å². The number of rotatable bonds is 7. The number of fused-ring (bicyclic) bond motifs is 2. The summed E-state index contributed by atoms with van der Waals surface area (Å²) in [6.45, 7) is 3.91. The summed E-state index contributed by atoms with van der Waals surface area (Å²) in [5.41, 5.74) is 5.79. The standard InChI is InChI=1S/C26H25ClF5N7O3/c1-11(40)14-6-13-8-25(2,3)15-5-4-12(9-34-22(41)16-7-17(39-38-16)26(30,31)32)19(27)20(15)35-24(33)37-21(13)36-23(14)42-10-18(28)29/h4-7,18H,8-10H2,1-3H3,(H,34,41)(H,38,39)(H3,33,35,36,37). The fourth-order valence-corrected chi connectivity index (χ4v) is 4.67. The number of nitrogens with one attached hydrogen (secondary N) is 3. The van der Waals surface area contributed by atoms with Crippen molar-refractivity contribution in [3.63, 3.8) is 0 Å². The number of hydrogen-bond acceptors (Lipinski definition) is 8. The van der Waals surface area contributed by atoms with Crippen molar-refractivity contribution in [3.05, 3.63) is 62.9 Å². The lowest BCUT2D eigenvalue weighted by atomic mass is 9.77. The van der Waals surface area contributed by atoms with Crippen molar-refractivity contribution >= 4 is 40.8 Å². The molecule has 3 aromatic rings. The number of aromatic nitrogens is 3. The summed E-state index contributed by atoms with van der Waals surface area (Å²) in [5, 5.41) is 10.7. The smallest absolute Gasteiger partial charge is 0.432 e. The minimum atomic E-state index is -4.69. The van der Waals surface area contributed by atoms with Crippen molar-refractivity contribution in [2.24, 2.45) is 10.7 Å². The first kappa shape index (κ1) is 30.7. The lowest BCUT2D eigenvalue weighted by Gasteiger charge is -2.29. The van der Waals surface area contributed by atoms with Crippen LogP contribution in [-0.4, -0.2) is 45.9 Å². The number of H-pyrrole nitrogens is 1. The molecule has 42 heavy (non-hydrogen) atoms. The summed E-state index contributed by atoms with van der Waals surface area (Å²) in [5.74, 6) is -1.72. The molecular weight excluding hydrogens is 589 g/mol. The number of halogens is 6. The average molecular weight is 614 g/mol. The maximum absolute atomic E-state index is 12.8. The Hall–Kier alpha value is -4.27. The van der Waals surface area contributed by atoms with E-state index in [0.29, 0.717) is 28.4 Å². The fourth-order valence-electron chi connectivity index (χ4n) is 4.39. The van der Waals surface area contributed by atoms with Gasteiger partial charge in [0.15, 0.2) is 29.9 Å². The molecule has 16 heteroatoms. The van der Waals surface area contributed by atoms with Crippen molar-refractivity contribution in [2.75, 3.05) is 11.9 Å². The Morgan fingerprint density at radius 2 is 1.95 bits per heavy atom. The molecule has 3 heterocycles. The van der Waals surface area contributed by atoms with Gasteiger partial charge in [0, 0.05) is 12.6 Å². The molecule has 2 aromatic heterocycles. The highest BCUT2D eigenvalue weighted by atomic mass is 35.5. The average Bonchev–Trinajstić information content (AvgIpc) is 3.40. The fraction of sp³-hybridized carbons (Fsp3) is 0.346. The van der Waals surface area contributed by atoms with Crippen molar-refractivity contribution in [3.8, 4) is 5.88 Å². The molecule has 0 radical (unpaired) electrons. The molecule has 1 aliphatic rings. The third kappa shape index (κ3) is 6.61. The Labute approximate surface area is 240 Å². The van der Waals surface area contributed by atoms with Crippen molar-refractivity contribution < 1.29 is 36.3 Å². The maximum atomic E-state index is 12.8. The number of ketones is 1. The van der Waals surface area contributed by atoms with Gasteiger partial charge in [-0.25, -0.2) is 8.78 Å². The van der Waals surface area contributed by atoms with Gasteiger partial charge < -0.3 is 21.1 Å². The molecular formula is C26H25ClF5N7O3. The van der Waals surface area contributed by atoms with Gasteiger partial charge in [-0.2, -0.15) is 28.2 Å². The lowest BCUT2D eigenvalue weighted by molar-refractivity contribution is -0.141. The van der Waals surface area contributed by atoms with E-state index in [0.717, 1.165) is 0 Å². The predicted molar refractivity (Wildman–Crippen MR) is 144 cm³/mol. The summed E-state index contributed by atoms with van der Waals surface area (Å²) in [7, 11) is 0. The second-order valence-electron chi connectivity index (χ2n) is 10.1. The summed E-state index contributed by atoms with van der Waals surface area (Å²) < 4.78 is 69.2.